The van der Waals surface area contributed by atoms with Gasteiger partial charge in [0.25, 0.3) is 5.95 Å². The van der Waals surface area contributed by atoms with Crippen LogP contribution in [0.4, 0.5) is 11.6 Å². The van der Waals surface area contributed by atoms with Crippen molar-refractivity contribution < 1.29 is 14.1 Å². The molecule has 27 heavy (non-hydrogen) atoms. The fourth-order valence-corrected chi connectivity index (χ4v) is 3.69. The maximum Gasteiger partial charge on any atom is 0.265 e. The normalized spacial score (nSPS) is 21.1. The Morgan fingerprint density at radius 3 is 2.74 bits per heavy atom. The molecule has 10 heteroatoms. The van der Waals surface area contributed by atoms with E-state index in [1.807, 2.05) is 19.0 Å². The lowest BCUT2D eigenvalue weighted by Gasteiger charge is -2.32. The molecule has 10 nitrogen and oxygen atoms in total. The van der Waals surface area contributed by atoms with Gasteiger partial charge in [-0.15, -0.1) is 0 Å². The number of hydrogen-bond acceptors (Lipinski definition) is 7. The summed E-state index contributed by atoms with van der Waals surface area (Å²) in [4.78, 5) is 34.8. The van der Waals surface area contributed by atoms with Gasteiger partial charge in [0.05, 0.1) is 17.8 Å². The van der Waals surface area contributed by atoms with E-state index in [0.717, 1.165) is 12.8 Å². The summed E-state index contributed by atoms with van der Waals surface area (Å²) in [5.41, 5.74) is 0.710. The van der Waals surface area contributed by atoms with Crippen LogP contribution in [-0.2, 0) is 9.59 Å². The van der Waals surface area contributed by atoms with E-state index in [9.17, 15) is 9.59 Å². The smallest absolute Gasteiger partial charge is 0.265 e. The molecule has 0 bridgehead atoms. The Hall–Kier alpha value is -2.91. The van der Waals surface area contributed by atoms with Gasteiger partial charge in [-0.3, -0.25) is 14.7 Å². The third-order valence-corrected chi connectivity index (χ3v) is 5.26. The lowest BCUT2D eigenvalue weighted by Crippen LogP contribution is -2.42. The van der Waals surface area contributed by atoms with Crippen molar-refractivity contribution in [3.63, 3.8) is 0 Å². The van der Waals surface area contributed by atoms with E-state index in [0.29, 0.717) is 37.2 Å². The highest BCUT2D eigenvalue weighted by molar-refractivity contribution is 6.00. The molecule has 0 aliphatic carbocycles. The number of anilines is 2. The number of nitrogens with zero attached hydrogens (tertiary/aromatic N) is 6. The SMILES string of the molecule is CN(C)c1noc(C2CCN(C(=O)C3CC(=O)N(c4cn[nH]c4)C3)CC2)n1. The molecule has 1 N–H and O–H groups in total. The average molecular weight is 373 g/mol. The molecule has 4 heterocycles. The summed E-state index contributed by atoms with van der Waals surface area (Å²) in [6.07, 6.45) is 5.09. The summed E-state index contributed by atoms with van der Waals surface area (Å²) in [6, 6.07) is 0. The standard InChI is InChI=1S/C17H23N7O3/c1-22(2)17-20-15(27-21-17)11-3-5-23(6-4-11)16(26)12-7-14(25)24(10-12)13-8-18-19-9-13/h8-9,11-12H,3-7,10H2,1-2H3,(H,18,19). The number of aromatic amines is 1. The van der Waals surface area contributed by atoms with E-state index in [1.165, 1.54) is 0 Å². The number of carbonyl (C=O) groups excluding carboxylic acids is 2. The Morgan fingerprint density at radius 2 is 2.11 bits per heavy atom. The highest BCUT2D eigenvalue weighted by atomic mass is 16.5. The quantitative estimate of drug-likeness (QED) is 0.836. The van der Waals surface area contributed by atoms with Crippen molar-refractivity contribution in [2.75, 3.05) is 43.5 Å². The van der Waals surface area contributed by atoms with Crippen molar-refractivity contribution in [3.05, 3.63) is 18.3 Å². The molecular weight excluding hydrogens is 350 g/mol. The first kappa shape index (κ1) is 17.5. The zero-order valence-corrected chi connectivity index (χ0v) is 15.5. The fraction of sp³-hybridized carbons (Fsp3) is 0.588. The molecule has 0 saturated carbocycles. The van der Waals surface area contributed by atoms with Crippen LogP contribution in [0.2, 0.25) is 0 Å². The van der Waals surface area contributed by atoms with Gasteiger partial charge in [0, 0.05) is 52.3 Å². The van der Waals surface area contributed by atoms with Gasteiger partial charge >= 0.3 is 0 Å². The zero-order chi connectivity index (χ0) is 19.0. The summed E-state index contributed by atoms with van der Waals surface area (Å²) < 4.78 is 5.36. The molecule has 0 aromatic carbocycles. The number of likely N-dealkylation sites (tertiary alicyclic amines) is 1. The Morgan fingerprint density at radius 1 is 1.33 bits per heavy atom. The molecule has 1 atom stereocenters. The van der Waals surface area contributed by atoms with Gasteiger partial charge in [-0.2, -0.15) is 10.1 Å². The van der Waals surface area contributed by atoms with Crippen LogP contribution in [0.3, 0.4) is 0 Å². The van der Waals surface area contributed by atoms with Crippen LogP contribution in [-0.4, -0.2) is 70.8 Å². The van der Waals surface area contributed by atoms with Crippen LogP contribution in [0.1, 0.15) is 31.1 Å². The molecule has 2 fully saturated rings. The minimum absolute atomic E-state index is 0.0355. The second-order valence-electron chi connectivity index (χ2n) is 7.29. The van der Waals surface area contributed by atoms with Gasteiger partial charge in [-0.1, -0.05) is 0 Å². The molecule has 2 aliphatic rings. The molecule has 144 valence electrons. The first-order valence-electron chi connectivity index (χ1n) is 9.12. The van der Waals surface area contributed by atoms with Gasteiger partial charge in [0.15, 0.2) is 0 Å². The number of rotatable bonds is 4. The maximum atomic E-state index is 12.9. The second kappa shape index (κ2) is 7.01. The van der Waals surface area contributed by atoms with Gasteiger partial charge < -0.3 is 19.2 Å². The number of piperidine rings is 1. The highest BCUT2D eigenvalue weighted by Gasteiger charge is 2.38. The molecule has 1 unspecified atom stereocenters. The van der Waals surface area contributed by atoms with E-state index in [2.05, 4.69) is 20.3 Å². The Bertz CT molecular complexity index is 808. The van der Waals surface area contributed by atoms with Crippen molar-refractivity contribution >= 4 is 23.5 Å². The fourth-order valence-electron chi connectivity index (χ4n) is 3.69. The number of hydrogen-bond donors (Lipinski definition) is 1. The van der Waals surface area contributed by atoms with Crippen LogP contribution in [0.5, 0.6) is 0 Å². The first-order chi connectivity index (χ1) is 13.0. The third kappa shape index (κ3) is 3.38. The Balaban J connectivity index is 1.34. The lowest BCUT2D eigenvalue weighted by atomic mass is 9.95. The van der Waals surface area contributed by atoms with Crippen LogP contribution >= 0.6 is 0 Å². The predicted molar refractivity (Wildman–Crippen MR) is 96.2 cm³/mol. The van der Waals surface area contributed by atoms with E-state index < -0.39 is 0 Å². The van der Waals surface area contributed by atoms with E-state index in [4.69, 9.17) is 4.52 Å². The number of aromatic nitrogens is 4. The van der Waals surface area contributed by atoms with Crippen molar-refractivity contribution in [1.82, 2.24) is 25.2 Å². The van der Waals surface area contributed by atoms with Crippen molar-refractivity contribution in [3.8, 4) is 0 Å². The third-order valence-electron chi connectivity index (χ3n) is 5.26. The first-order valence-corrected chi connectivity index (χ1v) is 9.12. The topological polar surface area (TPSA) is 111 Å². The molecule has 4 rings (SSSR count). The van der Waals surface area contributed by atoms with Crippen LogP contribution in [0, 0.1) is 5.92 Å². The minimum atomic E-state index is -0.298. The largest absolute Gasteiger partial charge is 0.344 e. The van der Waals surface area contributed by atoms with Gasteiger partial charge in [-0.25, -0.2) is 0 Å². The summed E-state index contributed by atoms with van der Waals surface area (Å²) in [7, 11) is 3.73. The molecule has 2 aliphatic heterocycles. The predicted octanol–water partition coefficient (Wildman–Crippen LogP) is 0.618. The van der Waals surface area contributed by atoms with Crippen molar-refractivity contribution in [1.29, 1.82) is 0 Å². The number of nitrogens with one attached hydrogen (secondary N) is 1. The highest BCUT2D eigenvalue weighted by Crippen LogP contribution is 2.30. The number of carbonyl (C=O) groups is 2. The molecule has 2 amide bonds. The van der Waals surface area contributed by atoms with Gasteiger partial charge in [0.2, 0.25) is 17.7 Å². The van der Waals surface area contributed by atoms with E-state index in [-0.39, 0.29) is 30.1 Å². The molecule has 0 radical (unpaired) electrons. The van der Waals surface area contributed by atoms with E-state index >= 15 is 0 Å². The Labute approximate surface area is 156 Å². The lowest BCUT2D eigenvalue weighted by molar-refractivity contribution is -0.136. The minimum Gasteiger partial charge on any atom is -0.344 e. The zero-order valence-electron chi connectivity index (χ0n) is 15.5. The molecular formula is C17H23N7O3. The Kier molecular flexibility index (Phi) is 4.54. The summed E-state index contributed by atoms with van der Waals surface area (Å²) in [5.74, 6) is 1.08. The monoisotopic (exact) mass is 373 g/mol. The summed E-state index contributed by atoms with van der Waals surface area (Å²) in [6.45, 7) is 1.69. The molecule has 2 aromatic heterocycles. The van der Waals surface area contributed by atoms with Crippen LogP contribution in [0.15, 0.2) is 16.9 Å². The van der Waals surface area contributed by atoms with E-state index in [1.54, 1.807) is 22.2 Å². The summed E-state index contributed by atoms with van der Waals surface area (Å²) >= 11 is 0. The molecule has 2 saturated heterocycles. The van der Waals surface area contributed by atoms with Gasteiger partial charge in [-0.05, 0) is 18.0 Å². The summed E-state index contributed by atoms with van der Waals surface area (Å²) in [5, 5.41) is 10.5. The number of amides is 2. The van der Waals surface area contributed by atoms with Crippen LogP contribution < -0.4 is 9.80 Å². The molecule has 0 spiro atoms. The van der Waals surface area contributed by atoms with Crippen LogP contribution in [0.25, 0.3) is 0 Å². The van der Waals surface area contributed by atoms with Crippen molar-refractivity contribution in [2.45, 2.75) is 25.2 Å². The average Bonchev–Trinajstić information content (AvgIpc) is 3.41. The van der Waals surface area contributed by atoms with Gasteiger partial charge in [0.1, 0.15) is 0 Å². The molecule has 2 aromatic rings. The second-order valence-corrected chi connectivity index (χ2v) is 7.29. The van der Waals surface area contributed by atoms with Crippen molar-refractivity contribution in [2.24, 2.45) is 5.92 Å². The number of H-pyrrole nitrogens is 1. The maximum absolute atomic E-state index is 12.9.